The van der Waals surface area contributed by atoms with Crippen LogP contribution in [0, 0.1) is 0 Å². The molecule has 4 aliphatic heterocycles. The highest BCUT2D eigenvalue weighted by Gasteiger charge is 2.38. The fraction of sp³-hybridized carbons (Fsp3) is 0.419. The van der Waals surface area contributed by atoms with Gasteiger partial charge in [0.1, 0.15) is 0 Å². The molecule has 23 heteroatoms. The van der Waals surface area contributed by atoms with Crippen molar-refractivity contribution in [3.05, 3.63) is 120 Å². The zero-order valence-corrected chi connectivity index (χ0v) is 37.6. The molecule has 66 heavy (non-hydrogen) atoms. The summed E-state index contributed by atoms with van der Waals surface area (Å²) >= 11 is 0. The summed E-state index contributed by atoms with van der Waals surface area (Å²) in [6.07, 6.45) is -0.0234. The number of carbonyl (C=O) groups excluding carboxylic acids is 1. The average Bonchev–Trinajstić information content (AvgIpc) is 3.81. The first-order valence-corrected chi connectivity index (χ1v) is 24.2. The minimum atomic E-state index is -3.84. The van der Waals surface area contributed by atoms with Crippen molar-refractivity contribution in [2.75, 3.05) is 93.9 Å². The molecule has 5 aromatic rings. The second kappa shape index (κ2) is 21.1. The quantitative estimate of drug-likeness (QED) is 0.141. The number of ketones is 1. The van der Waals surface area contributed by atoms with Crippen LogP contribution in [0.4, 0.5) is 20.2 Å². The standard InChI is InChI=1S/C22H24F2N6O4S.C21H27N5O4S/c23-20(24)22-27-26-21(34-22)16-6-7-17(25-12-16)13-30(18-4-2-1-3-5-18)35(31,32)29-10-8-28(9-11-29)19-14-33-15-19;22-12-21(27)17-6-7-18(23-13-17)14-26(19-4-2-1-3-5-19)31(28,29)25-10-8-24(9-11-25)20-15-30-16-20/h1-7,12,19-20H,8-11,13-15H2;1-7,13,20H,8-12,14-16,22H2. The normalized spacial score (nSPS) is 18.2. The van der Waals surface area contributed by atoms with E-state index in [1.54, 1.807) is 60.7 Å². The SMILES string of the molecule is NCC(=O)c1ccc(CN(c2ccccc2)S(=O)(=O)N2CCN(C3COC3)CC2)nc1.O=S(=O)(N1CCN(C2COC2)CC1)N(Cc1ccc(-c2nnc(C(F)F)o2)cn1)c1ccccc1. The van der Waals surface area contributed by atoms with E-state index in [0.717, 1.165) is 13.2 Å². The van der Waals surface area contributed by atoms with E-state index < -0.39 is 32.7 Å². The summed E-state index contributed by atoms with van der Waals surface area (Å²) in [5, 5.41) is 6.93. The first-order chi connectivity index (χ1) is 31.9. The summed E-state index contributed by atoms with van der Waals surface area (Å²) in [6, 6.07) is 25.1. The molecule has 0 spiro atoms. The molecule has 9 rings (SSSR count). The Morgan fingerprint density at radius 3 is 1.48 bits per heavy atom. The van der Waals surface area contributed by atoms with E-state index in [2.05, 4.69) is 30.0 Å². The van der Waals surface area contributed by atoms with Crippen LogP contribution in [0.3, 0.4) is 0 Å². The Bertz CT molecular complexity index is 2580. The number of ether oxygens (including phenoxy) is 2. The molecule has 0 saturated carbocycles. The Hall–Kier alpha value is -5.37. The van der Waals surface area contributed by atoms with Gasteiger partial charge in [-0.05, 0) is 48.5 Å². The highest BCUT2D eigenvalue weighted by atomic mass is 32.2. The van der Waals surface area contributed by atoms with Gasteiger partial charge in [-0.15, -0.1) is 10.2 Å². The summed E-state index contributed by atoms with van der Waals surface area (Å²) in [4.78, 5) is 24.9. The number of nitrogens with zero attached hydrogens (tertiary/aromatic N) is 10. The third kappa shape index (κ3) is 10.9. The molecule has 0 bridgehead atoms. The molecule has 4 fully saturated rings. The summed E-state index contributed by atoms with van der Waals surface area (Å²) in [7, 11) is -7.60. The molecule has 0 atom stereocenters. The minimum absolute atomic E-state index is 0.00454. The molecule has 3 aromatic heterocycles. The number of piperazine rings is 2. The predicted octanol–water partition coefficient (Wildman–Crippen LogP) is 2.83. The summed E-state index contributed by atoms with van der Waals surface area (Å²) in [6.45, 7) is 7.09. The van der Waals surface area contributed by atoms with Crippen LogP contribution in [-0.2, 0) is 43.0 Å². The third-order valence-electron chi connectivity index (χ3n) is 11.8. The molecule has 7 heterocycles. The summed E-state index contributed by atoms with van der Waals surface area (Å²) in [5.74, 6) is -1.06. The first kappa shape index (κ1) is 47.1. The molecule has 0 aliphatic carbocycles. The number of benzene rings is 2. The van der Waals surface area contributed by atoms with Crippen LogP contribution in [0.1, 0.15) is 34.1 Å². The molecular weight excluding hydrogens is 901 g/mol. The van der Waals surface area contributed by atoms with Crippen molar-refractivity contribution in [2.24, 2.45) is 5.73 Å². The van der Waals surface area contributed by atoms with Gasteiger partial charge in [-0.2, -0.15) is 34.2 Å². The van der Waals surface area contributed by atoms with Gasteiger partial charge in [0, 0.05) is 70.3 Å². The van der Waals surface area contributed by atoms with Gasteiger partial charge < -0.3 is 19.6 Å². The largest absolute Gasteiger partial charge is 0.415 e. The number of anilines is 2. The number of alkyl halides is 2. The zero-order valence-electron chi connectivity index (χ0n) is 36.0. The molecule has 352 valence electrons. The number of aromatic nitrogens is 4. The molecule has 4 aliphatic rings. The van der Waals surface area contributed by atoms with Crippen LogP contribution >= 0.6 is 0 Å². The Kier molecular flexibility index (Phi) is 15.0. The summed E-state index contributed by atoms with van der Waals surface area (Å²) < 4.78 is 101. The van der Waals surface area contributed by atoms with Crippen molar-refractivity contribution < 1.29 is 44.3 Å². The van der Waals surface area contributed by atoms with Crippen molar-refractivity contribution in [1.82, 2.24) is 38.6 Å². The zero-order chi connectivity index (χ0) is 46.3. The van der Waals surface area contributed by atoms with Crippen molar-refractivity contribution in [2.45, 2.75) is 31.6 Å². The van der Waals surface area contributed by atoms with Gasteiger partial charge >= 0.3 is 26.8 Å². The predicted molar refractivity (Wildman–Crippen MR) is 239 cm³/mol. The van der Waals surface area contributed by atoms with Gasteiger partial charge in [0.15, 0.2) is 5.78 Å². The van der Waals surface area contributed by atoms with Gasteiger partial charge in [-0.1, -0.05) is 36.4 Å². The number of rotatable bonds is 16. The van der Waals surface area contributed by atoms with Gasteiger partial charge in [0.2, 0.25) is 5.89 Å². The van der Waals surface area contributed by atoms with E-state index in [-0.39, 0.29) is 31.3 Å². The van der Waals surface area contributed by atoms with Gasteiger partial charge in [0.25, 0.3) is 5.89 Å². The molecule has 2 aromatic carbocycles. The van der Waals surface area contributed by atoms with Crippen LogP contribution in [0.5, 0.6) is 0 Å². The summed E-state index contributed by atoms with van der Waals surface area (Å²) in [5.41, 5.74) is 8.28. The number of halogens is 2. The molecule has 0 amide bonds. The van der Waals surface area contributed by atoms with E-state index in [0.29, 0.717) is 112 Å². The number of hydrogen-bond acceptors (Lipinski definition) is 15. The van der Waals surface area contributed by atoms with E-state index in [1.807, 2.05) is 24.3 Å². The third-order valence-corrected chi connectivity index (χ3v) is 15.6. The van der Waals surface area contributed by atoms with Gasteiger partial charge in [0.05, 0.1) is 86.5 Å². The van der Waals surface area contributed by atoms with Crippen LogP contribution in [0.15, 0.2) is 102 Å². The Labute approximate surface area is 382 Å². The molecule has 19 nitrogen and oxygen atoms in total. The van der Waals surface area contributed by atoms with E-state index in [4.69, 9.17) is 19.6 Å². The Morgan fingerprint density at radius 2 is 1.12 bits per heavy atom. The van der Waals surface area contributed by atoms with Crippen molar-refractivity contribution in [1.29, 1.82) is 0 Å². The average molecular weight is 952 g/mol. The number of pyridine rings is 2. The molecule has 2 N–H and O–H groups in total. The van der Waals surface area contributed by atoms with Gasteiger partial charge in [-0.3, -0.25) is 33.2 Å². The highest BCUT2D eigenvalue weighted by molar-refractivity contribution is 7.90. The Morgan fingerprint density at radius 1 is 0.652 bits per heavy atom. The maximum atomic E-state index is 13.7. The lowest BCUT2D eigenvalue weighted by atomic mass is 10.2. The van der Waals surface area contributed by atoms with E-state index >= 15 is 0 Å². The van der Waals surface area contributed by atoms with E-state index in [1.165, 1.54) is 29.6 Å². The van der Waals surface area contributed by atoms with E-state index in [9.17, 15) is 30.4 Å². The maximum absolute atomic E-state index is 13.7. The number of para-hydroxylation sites is 2. The second-order valence-corrected chi connectivity index (χ2v) is 19.6. The maximum Gasteiger partial charge on any atom is 0.314 e. The lowest BCUT2D eigenvalue weighted by molar-refractivity contribution is -0.0721. The van der Waals surface area contributed by atoms with Crippen molar-refractivity contribution in [3.8, 4) is 11.5 Å². The lowest BCUT2D eigenvalue weighted by Crippen LogP contribution is -2.59. The Balaban J connectivity index is 0.000000181. The van der Waals surface area contributed by atoms with Crippen LogP contribution in [0.2, 0.25) is 0 Å². The topological polar surface area (TPSA) is 214 Å². The highest BCUT2D eigenvalue weighted by Crippen LogP contribution is 2.28. The van der Waals surface area contributed by atoms with Crippen LogP contribution in [-0.4, -0.2) is 159 Å². The van der Waals surface area contributed by atoms with Crippen molar-refractivity contribution >= 4 is 37.6 Å². The number of carbonyl (C=O) groups is 1. The smallest absolute Gasteiger partial charge is 0.314 e. The number of nitrogens with two attached hydrogens (primary N) is 1. The van der Waals surface area contributed by atoms with Crippen molar-refractivity contribution in [3.63, 3.8) is 0 Å². The lowest BCUT2D eigenvalue weighted by Gasteiger charge is -2.43. The second-order valence-electron chi connectivity index (χ2n) is 15.9. The minimum Gasteiger partial charge on any atom is -0.415 e. The molecule has 4 saturated heterocycles. The molecule has 0 unspecified atom stereocenters. The molecule has 0 radical (unpaired) electrons. The van der Waals surface area contributed by atoms with Crippen LogP contribution < -0.4 is 14.3 Å². The van der Waals surface area contributed by atoms with Gasteiger partial charge in [-0.25, -0.2) is 0 Å². The fourth-order valence-electron chi connectivity index (χ4n) is 7.73. The fourth-order valence-corrected chi connectivity index (χ4v) is 10.9. The monoisotopic (exact) mass is 951 g/mol. The number of hydrogen-bond donors (Lipinski definition) is 1. The molecular formula is C43H51F2N11O8S2. The van der Waals surface area contributed by atoms with Crippen LogP contribution in [0.25, 0.3) is 11.5 Å². The number of Topliss-reactive ketones (excluding diaryl/α,β-unsaturated/α-hetero) is 1. The first-order valence-electron chi connectivity index (χ1n) is 21.4.